The van der Waals surface area contributed by atoms with Crippen LogP contribution in [0.4, 0.5) is 4.79 Å². The van der Waals surface area contributed by atoms with Gasteiger partial charge in [-0.25, -0.2) is 4.79 Å². The Bertz CT molecular complexity index is 194. The number of methoxy groups -OCH3 is 1. The van der Waals surface area contributed by atoms with Crippen LogP contribution in [0.15, 0.2) is 0 Å². The molecule has 1 aliphatic rings. The maximum absolute atomic E-state index is 11.2. The Morgan fingerprint density at radius 3 is 2.64 bits per heavy atom. The first-order valence-corrected chi connectivity index (χ1v) is 5.11. The molecule has 0 aliphatic heterocycles. The van der Waals surface area contributed by atoms with Gasteiger partial charge in [-0.3, -0.25) is 0 Å². The van der Waals surface area contributed by atoms with Gasteiger partial charge in [0, 0.05) is 13.2 Å². The highest BCUT2D eigenvalue weighted by Crippen LogP contribution is 2.21. The highest BCUT2D eigenvalue weighted by molar-refractivity contribution is 5.67. The van der Waals surface area contributed by atoms with Crippen LogP contribution in [0.2, 0.25) is 0 Å². The molecule has 82 valence electrons. The molecule has 1 amide bonds. The number of carbonyl (C=O) groups is 1. The van der Waals surface area contributed by atoms with Gasteiger partial charge >= 0.3 is 6.09 Å². The molecule has 0 heterocycles. The summed E-state index contributed by atoms with van der Waals surface area (Å²) in [5.74, 6) is 0. The van der Waals surface area contributed by atoms with Gasteiger partial charge in [0.1, 0.15) is 0 Å². The van der Waals surface area contributed by atoms with E-state index < -0.39 is 0 Å². The Morgan fingerprint density at radius 1 is 1.43 bits per heavy atom. The van der Waals surface area contributed by atoms with Gasteiger partial charge in [0.15, 0.2) is 0 Å². The van der Waals surface area contributed by atoms with E-state index in [4.69, 9.17) is 9.47 Å². The average Bonchev–Trinajstić information content (AvgIpc) is 2.50. The number of ether oxygens (including phenoxy) is 2. The van der Waals surface area contributed by atoms with Crippen LogP contribution in [0, 0.1) is 0 Å². The van der Waals surface area contributed by atoms with Gasteiger partial charge in [-0.2, -0.15) is 0 Å². The molecule has 0 radical (unpaired) electrons. The lowest BCUT2D eigenvalue weighted by atomic mass is 10.2. The summed E-state index contributed by atoms with van der Waals surface area (Å²) in [5, 5.41) is 2.83. The molecule has 0 saturated heterocycles. The lowest BCUT2D eigenvalue weighted by molar-refractivity contribution is 0.101. The van der Waals surface area contributed by atoms with Crippen LogP contribution in [-0.4, -0.2) is 31.5 Å². The minimum absolute atomic E-state index is 0.0605. The van der Waals surface area contributed by atoms with Crippen LogP contribution >= 0.6 is 0 Å². The van der Waals surface area contributed by atoms with Crippen LogP contribution in [-0.2, 0) is 9.47 Å². The topological polar surface area (TPSA) is 47.6 Å². The molecule has 1 rings (SSSR count). The number of alkyl carbamates (subject to hydrolysis) is 1. The van der Waals surface area contributed by atoms with E-state index in [0.717, 1.165) is 19.3 Å². The minimum atomic E-state index is -0.318. The SMILES string of the molecule is COC1CCC(NC(=O)OC(C)C)C1. The molecule has 1 N–H and O–H groups in total. The molecule has 4 heteroatoms. The molecule has 2 unspecified atom stereocenters. The van der Waals surface area contributed by atoms with E-state index in [9.17, 15) is 4.79 Å². The van der Waals surface area contributed by atoms with E-state index in [1.54, 1.807) is 7.11 Å². The third-order valence-corrected chi connectivity index (χ3v) is 2.38. The third kappa shape index (κ3) is 3.54. The van der Waals surface area contributed by atoms with Crippen molar-refractivity contribution in [2.45, 2.75) is 51.4 Å². The Hall–Kier alpha value is -0.770. The maximum Gasteiger partial charge on any atom is 0.407 e. The van der Waals surface area contributed by atoms with E-state index in [1.807, 2.05) is 13.8 Å². The van der Waals surface area contributed by atoms with Gasteiger partial charge in [-0.1, -0.05) is 0 Å². The summed E-state index contributed by atoms with van der Waals surface area (Å²) >= 11 is 0. The predicted molar refractivity (Wildman–Crippen MR) is 53.2 cm³/mol. The van der Waals surface area contributed by atoms with E-state index in [2.05, 4.69) is 5.32 Å². The van der Waals surface area contributed by atoms with Crippen LogP contribution in [0.3, 0.4) is 0 Å². The first kappa shape index (κ1) is 11.3. The summed E-state index contributed by atoms with van der Waals surface area (Å²) in [4.78, 5) is 11.2. The van der Waals surface area contributed by atoms with Crippen molar-refractivity contribution in [1.29, 1.82) is 0 Å². The normalized spacial score (nSPS) is 26.6. The lowest BCUT2D eigenvalue weighted by Gasteiger charge is -2.14. The van der Waals surface area contributed by atoms with Crippen molar-refractivity contribution >= 4 is 6.09 Å². The molecule has 4 nitrogen and oxygen atoms in total. The fraction of sp³-hybridized carbons (Fsp3) is 0.900. The fourth-order valence-electron chi connectivity index (χ4n) is 1.70. The molecule has 0 spiro atoms. The number of hydrogen-bond donors (Lipinski definition) is 1. The van der Waals surface area contributed by atoms with Gasteiger partial charge in [0.25, 0.3) is 0 Å². The standard InChI is InChI=1S/C10H19NO3/c1-7(2)14-10(12)11-8-4-5-9(6-8)13-3/h7-9H,4-6H2,1-3H3,(H,11,12). The largest absolute Gasteiger partial charge is 0.447 e. The van der Waals surface area contributed by atoms with Crippen LogP contribution < -0.4 is 5.32 Å². The second-order valence-corrected chi connectivity index (χ2v) is 3.97. The number of rotatable bonds is 3. The number of amides is 1. The molecule has 0 aromatic rings. The van der Waals surface area contributed by atoms with E-state index in [0.29, 0.717) is 6.10 Å². The monoisotopic (exact) mass is 201 g/mol. The Labute approximate surface area is 85.0 Å². The summed E-state index contributed by atoms with van der Waals surface area (Å²) < 4.78 is 10.2. The van der Waals surface area contributed by atoms with Gasteiger partial charge in [0.05, 0.1) is 12.2 Å². The summed E-state index contributed by atoms with van der Waals surface area (Å²) in [6, 6.07) is 0.214. The maximum atomic E-state index is 11.2. The summed E-state index contributed by atoms with van der Waals surface area (Å²) in [7, 11) is 1.71. The first-order chi connectivity index (χ1) is 6.61. The van der Waals surface area contributed by atoms with Crippen molar-refractivity contribution < 1.29 is 14.3 Å². The molecule has 14 heavy (non-hydrogen) atoms. The summed E-state index contributed by atoms with van der Waals surface area (Å²) in [6.07, 6.45) is 2.80. The number of nitrogens with one attached hydrogen (secondary N) is 1. The summed E-state index contributed by atoms with van der Waals surface area (Å²) in [5.41, 5.74) is 0. The van der Waals surface area contributed by atoms with E-state index >= 15 is 0 Å². The van der Waals surface area contributed by atoms with Gasteiger partial charge in [-0.15, -0.1) is 0 Å². The number of carbonyl (C=O) groups excluding carboxylic acids is 1. The van der Waals surface area contributed by atoms with Crippen molar-refractivity contribution in [1.82, 2.24) is 5.32 Å². The molecule has 1 saturated carbocycles. The second-order valence-electron chi connectivity index (χ2n) is 3.97. The van der Waals surface area contributed by atoms with Crippen LogP contribution in [0.1, 0.15) is 33.1 Å². The van der Waals surface area contributed by atoms with E-state index in [1.165, 1.54) is 0 Å². The van der Waals surface area contributed by atoms with Crippen LogP contribution in [0.5, 0.6) is 0 Å². The Morgan fingerprint density at radius 2 is 2.14 bits per heavy atom. The van der Waals surface area contributed by atoms with Crippen molar-refractivity contribution in [2.75, 3.05) is 7.11 Å². The predicted octanol–water partition coefficient (Wildman–Crippen LogP) is 1.69. The minimum Gasteiger partial charge on any atom is -0.447 e. The number of hydrogen-bond acceptors (Lipinski definition) is 3. The third-order valence-electron chi connectivity index (χ3n) is 2.38. The molecule has 1 aliphatic carbocycles. The molecular weight excluding hydrogens is 182 g/mol. The van der Waals surface area contributed by atoms with Crippen molar-refractivity contribution in [3.8, 4) is 0 Å². The Kier molecular flexibility index (Phi) is 4.20. The van der Waals surface area contributed by atoms with Crippen LogP contribution in [0.25, 0.3) is 0 Å². The smallest absolute Gasteiger partial charge is 0.407 e. The van der Waals surface area contributed by atoms with Gasteiger partial charge < -0.3 is 14.8 Å². The van der Waals surface area contributed by atoms with Gasteiger partial charge in [0.2, 0.25) is 0 Å². The first-order valence-electron chi connectivity index (χ1n) is 5.11. The lowest BCUT2D eigenvalue weighted by Crippen LogP contribution is -2.35. The molecule has 1 fully saturated rings. The molecular formula is C10H19NO3. The van der Waals surface area contributed by atoms with Crippen molar-refractivity contribution in [3.63, 3.8) is 0 Å². The molecule has 0 aromatic carbocycles. The Balaban J connectivity index is 2.22. The zero-order valence-electron chi connectivity index (χ0n) is 9.08. The molecule has 2 atom stereocenters. The average molecular weight is 201 g/mol. The van der Waals surface area contributed by atoms with Crippen molar-refractivity contribution in [2.24, 2.45) is 0 Å². The fourth-order valence-corrected chi connectivity index (χ4v) is 1.70. The summed E-state index contributed by atoms with van der Waals surface area (Å²) in [6.45, 7) is 3.68. The van der Waals surface area contributed by atoms with Gasteiger partial charge in [-0.05, 0) is 33.1 Å². The van der Waals surface area contributed by atoms with E-state index in [-0.39, 0.29) is 18.2 Å². The quantitative estimate of drug-likeness (QED) is 0.755. The molecule has 0 bridgehead atoms. The zero-order valence-corrected chi connectivity index (χ0v) is 9.08. The molecule has 0 aromatic heterocycles. The highest BCUT2D eigenvalue weighted by Gasteiger charge is 2.26. The zero-order chi connectivity index (χ0) is 10.6. The van der Waals surface area contributed by atoms with Crippen molar-refractivity contribution in [3.05, 3.63) is 0 Å². The second kappa shape index (κ2) is 5.20. The highest BCUT2D eigenvalue weighted by atomic mass is 16.6.